The van der Waals surface area contributed by atoms with Crippen molar-refractivity contribution < 1.29 is 18.7 Å². The van der Waals surface area contributed by atoms with Crippen molar-refractivity contribution in [1.29, 1.82) is 0 Å². The molecule has 0 N–H and O–H groups in total. The maximum absolute atomic E-state index is 12.9. The third-order valence-corrected chi connectivity index (χ3v) is 5.77. The molecule has 0 unspecified atom stereocenters. The Bertz CT molecular complexity index is 1400. The predicted octanol–water partition coefficient (Wildman–Crippen LogP) is 7.41. The Morgan fingerprint density at radius 2 is 1.58 bits per heavy atom. The van der Waals surface area contributed by atoms with Crippen LogP contribution in [0.25, 0.3) is 11.0 Å². The van der Waals surface area contributed by atoms with Crippen molar-refractivity contribution >= 4 is 40.1 Å². The first-order chi connectivity index (χ1) is 15.6. The van der Waals surface area contributed by atoms with Gasteiger partial charge in [0, 0.05) is 6.07 Å². The average molecular weight is 483 g/mol. The fourth-order valence-corrected chi connectivity index (χ4v) is 3.46. The number of hydrogen-bond donors (Lipinski definition) is 0. The summed E-state index contributed by atoms with van der Waals surface area (Å²) in [6.07, 6.45) is 1.24. The van der Waals surface area contributed by atoms with Crippen LogP contribution in [0.5, 0.6) is 17.2 Å². The summed E-state index contributed by atoms with van der Waals surface area (Å²) in [5.74, 6) is 0.190. The van der Waals surface area contributed by atoms with Crippen LogP contribution in [-0.4, -0.2) is 5.97 Å². The quantitative estimate of drug-likeness (QED) is 0.223. The highest BCUT2D eigenvalue weighted by Gasteiger charge is 2.16. The monoisotopic (exact) mass is 482 g/mol. The van der Waals surface area contributed by atoms with E-state index in [1.54, 1.807) is 0 Å². The van der Waals surface area contributed by atoms with Gasteiger partial charge in [0.05, 0.1) is 21.0 Å². The smallest absolute Gasteiger partial charge is 0.343 e. The van der Waals surface area contributed by atoms with Crippen molar-refractivity contribution in [2.24, 2.45) is 0 Å². The van der Waals surface area contributed by atoms with E-state index in [0.29, 0.717) is 16.2 Å². The lowest BCUT2D eigenvalue weighted by molar-refractivity contribution is 0.0735. The highest BCUT2D eigenvalue weighted by molar-refractivity contribution is 6.42. The number of fused-ring (bicyclic) bond motifs is 1. The van der Waals surface area contributed by atoms with E-state index in [-0.39, 0.29) is 38.5 Å². The van der Waals surface area contributed by atoms with E-state index in [9.17, 15) is 9.59 Å². The molecule has 0 fully saturated rings. The molecular formula is C26H20Cl2O5. The minimum absolute atomic E-state index is 0.0154. The second kappa shape index (κ2) is 8.93. The molecule has 0 aliphatic rings. The Balaban J connectivity index is 1.55. The summed E-state index contributed by atoms with van der Waals surface area (Å²) in [5, 5.41) is 0.883. The van der Waals surface area contributed by atoms with Gasteiger partial charge in [-0.1, -0.05) is 56.1 Å². The Kier molecular flexibility index (Phi) is 6.19. The van der Waals surface area contributed by atoms with Gasteiger partial charge in [-0.2, -0.15) is 0 Å². The molecule has 168 valence electrons. The maximum atomic E-state index is 12.9. The zero-order valence-electron chi connectivity index (χ0n) is 18.1. The van der Waals surface area contributed by atoms with E-state index in [0.717, 1.165) is 5.56 Å². The van der Waals surface area contributed by atoms with E-state index in [4.69, 9.17) is 37.1 Å². The first-order valence-corrected chi connectivity index (χ1v) is 10.9. The van der Waals surface area contributed by atoms with Gasteiger partial charge in [0.1, 0.15) is 23.3 Å². The van der Waals surface area contributed by atoms with Crippen molar-refractivity contribution in [3.63, 3.8) is 0 Å². The van der Waals surface area contributed by atoms with E-state index < -0.39 is 5.97 Å². The average Bonchev–Trinajstić information content (AvgIpc) is 2.77. The van der Waals surface area contributed by atoms with E-state index >= 15 is 0 Å². The number of halogens is 2. The molecule has 0 amide bonds. The molecule has 0 spiro atoms. The number of hydrogen-bond acceptors (Lipinski definition) is 5. The number of esters is 1. The van der Waals surface area contributed by atoms with Crippen LogP contribution < -0.4 is 14.9 Å². The molecule has 33 heavy (non-hydrogen) atoms. The topological polar surface area (TPSA) is 65.7 Å². The molecule has 0 aliphatic heterocycles. The highest BCUT2D eigenvalue weighted by Crippen LogP contribution is 2.28. The molecule has 5 nitrogen and oxygen atoms in total. The Morgan fingerprint density at radius 3 is 2.24 bits per heavy atom. The second-order valence-corrected chi connectivity index (χ2v) is 9.30. The molecule has 1 heterocycles. The van der Waals surface area contributed by atoms with Gasteiger partial charge in [-0.25, -0.2) is 4.79 Å². The summed E-state index contributed by atoms with van der Waals surface area (Å²) < 4.78 is 16.7. The number of carbonyl (C=O) groups is 1. The van der Waals surface area contributed by atoms with Crippen molar-refractivity contribution in [3.05, 3.63) is 98.3 Å². The van der Waals surface area contributed by atoms with Gasteiger partial charge in [0.2, 0.25) is 11.2 Å². The van der Waals surface area contributed by atoms with Gasteiger partial charge in [-0.05, 0) is 53.4 Å². The summed E-state index contributed by atoms with van der Waals surface area (Å²) in [5.41, 5.74) is 1.34. The number of benzene rings is 3. The van der Waals surface area contributed by atoms with Crippen LogP contribution in [0, 0.1) is 0 Å². The van der Waals surface area contributed by atoms with Gasteiger partial charge in [-0.3, -0.25) is 4.79 Å². The molecule has 4 rings (SSSR count). The predicted molar refractivity (Wildman–Crippen MR) is 129 cm³/mol. The summed E-state index contributed by atoms with van der Waals surface area (Å²) in [7, 11) is 0. The van der Waals surface area contributed by atoms with Crippen molar-refractivity contribution in [1.82, 2.24) is 0 Å². The van der Waals surface area contributed by atoms with Crippen LogP contribution in [0.1, 0.15) is 36.7 Å². The molecule has 0 aliphatic carbocycles. The molecule has 0 saturated heterocycles. The number of carbonyl (C=O) groups excluding carboxylic acids is 1. The first kappa shape index (κ1) is 22.9. The van der Waals surface area contributed by atoms with Gasteiger partial charge in [0.25, 0.3) is 0 Å². The van der Waals surface area contributed by atoms with E-state index in [1.165, 1.54) is 42.7 Å². The lowest BCUT2D eigenvalue weighted by Crippen LogP contribution is -2.10. The third kappa shape index (κ3) is 5.05. The van der Waals surface area contributed by atoms with Gasteiger partial charge in [-0.15, -0.1) is 0 Å². The van der Waals surface area contributed by atoms with E-state index in [1.807, 2.05) is 24.3 Å². The normalized spacial score (nSPS) is 11.4. The Morgan fingerprint density at radius 1 is 0.879 bits per heavy atom. The molecule has 3 aromatic carbocycles. The molecule has 7 heteroatoms. The minimum Gasteiger partial charge on any atom is -0.460 e. The van der Waals surface area contributed by atoms with Gasteiger partial charge < -0.3 is 13.9 Å². The standard InChI is InChI=1S/C26H20Cl2O5/c1-26(2,3)16-5-7-17(8-6-16)32-23-14-31-22-13-18(9-10-19(22)24(23)29)33-25(30)15-4-11-20(27)21(28)12-15/h4-14H,1-3H3. The molecule has 0 radical (unpaired) electrons. The van der Waals surface area contributed by atoms with Crippen LogP contribution >= 0.6 is 23.2 Å². The van der Waals surface area contributed by atoms with Crippen molar-refractivity contribution in [2.45, 2.75) is 26.2 Å². The van der Waals surface area contributed by atoms with Crippen LogP contribution in [0.4, 0.5) is 0 Å². The SMILES string of the molecule is CC(C)(C)c1ccc(Oc2coc3cc(OC(=O)c4ccc(Cl)c(Cl)c4)ccc3c2=O)cc1. The largest absolute Gasteiger partial charge is 0.460 e. The van der Waals surface area contributed by atoms with Gasteiger partial charge in [0.15, 0.2) is 0 Å². The number of rotatable bonds is 4. The van der Waals surface area contributed by atoms with Crippen LogP contribution in [0.15, 0.2) is 76.1 Å². The lowest BCUT2D eigenvalue weighted by atomic mass is 9.87. The molecule has 1 aromatic heterocycles. The van der Waals surface area contributed by atoms with Crippen molar-refractivity contribution in [3.8, 4) is 17.2 Å². The molecular weight excluding hydrogens is 463 g/mol. The zero-order chi connectivity index (χ0) is 23.8. The third-order valence-electron chi connectivity index (χ3n) is 5.03. The fourth-order valence-electron chi connectivity index (χ4n) is 3.16. The second-order valence-electron chi connectivity index (χ2n) is 8.48. The number of ether oxygens (including phenoxy) is 2. The molecule has 0 saturated carbocycles. The molecule has 0 atom stereocenters. The Labute approximate surface area is 200 Å². The van der Waals surface area contributed by atoms with Crippen molar-refractivity contribution in [2.75, 3.05) is 0 Å². The first-order valence-electron chi connectivity index (χ1n) is 10.1. The summed E-state index contributed by atoms with van der Waals surface area (Å²) in [4.78, 5) is 25.3. The van der Waals surface area contributed by atoms with Crippen LogP contribution in [0.3, 0.4) is 0 Å². The maximum Gasteiger partial charge on any atom is 0.343 e. The summed E-state index contributed by atoms with van der Waals surface area (Å²) in [6, 6.07) is 16.5. The molecule has 0 bridgehead atoms. The highest BCUT2D eigenvalue weighted by atomic mass is 35.5. The summed E-state index contributed by atoms with van der Waals surface area (Å²) in [6.45, 7) is 6.37. The lowest BCUT2D eigenvalue weighted by Gasteiger charge is -2.19. The fraction of sp³-hybridized carbons (Fsp3) is 0.154. The van der Waals surface area contributed by atoms with Crippen LogP contribution in [0.2, 0.25) is 10.0 Å². The van der Waals surface area contributed by atoms with E-state index in [2.05, 4.69) is 20.8 Å². The van der Waals surface area contributed by atoms with Crippen LogP contribution in [-0.2, 0) is 5.41 Å². The minimum atomic E-state index is -0.617. The summed E-state index contributed by atoms with van der Waals surface area (Å²) >= 11 is 11.8. The molecule has 4 aromatic rings. The Hall–Kier alpha value is -3.28. The van der Waals surface area contributed by atoms with Gasteiger partial charge >= 0.3 is 5.97 Å². The zero-order valence-corrected chi connectivity index (χ0v) is 19.7.